The highest BCUT2D eigenvalue weighted by Crippen LogP contribution is 2.14. The van der Waals surface area contributed by atoms with Crippen LogP contribution in [0.3, 0.4) is 0 Å². The van der Waals surface area contributed by atoms with Crippen molar-refractivity contribution >= 4 is 17.2 Å². The molecule has 22 heavy (non-hydrogen) atoms. The number of nitrogens with one attached hydrogen (secondary N) is 1. The zero-order valence-electron chi connectivity index (χ0n) is 12.1. The fourth-order valence-corrected chi connectivity index (χ4v) is 2.88. The highest BCUT2D eigenvalue weighted by atomic mass is 32.1. The van der Waals surface area contributed by atoms with Crippen molar-refractivity contribution in [2.75, 3.05) is 13.2 Å². The maximum Gasteiger partial charge on any atom is 0.240 e. The molecule has 1 aliphatic heterocycles. The van der Waals surface area contributed by atoms with E-state index in [2.05, 4.69) is 15.3 Å². The smallest absolute Gasteiger partial charge is 0.240 e. The van der Waals surface area contributed by atoms with Crippen molar-refractivity contribution < 1.29 is 14.3 Å². The summed E-state index contributed by atoms with van der Waals surface area (Å²) in [7, 11) is 0. The molecule has 8 heteroatoms. The fraction of sp³-hybridized carbons (Fsp3) is 0.500. The van der Waals surface area contributed by atoms with Gasteiger partial charge in [-0.3, -0.25) is 4.79 Å². The maximum absolute atomic E-state index is 12.1. The zero-order chi connectivity index (χ0) is 15.2. The molecule has 1 aliphatic rings. The number of carbonyl (C=O) groups is 1. The summed E-state index contributed by atoms with van der Waals surface area (Å²) in [4.78, 5) is 20.2. The van der Waals surface area contributed by atoms with E-state index in [-0.39, 0.29) is 24.6 Å². The van der Waals surface area contributed by atoms with E-state index < -0.39 is 0 Å². The van der Waals surface area contributed by atoms with Gasteiger partial charge in [0.05, 0.1) is 36.8 Å². The minimum Gasteiger partial charge on any atom is -0.379 e. The number of hydrogen-bond donors (Lipinski definition) is 1. The second kappa shape index (κ2) is 7.48. The molecule has 118 valence electrons. The van der Waals surface area contributed by atoms with E-state index in [4.69, 9.17) is 9.47 Å². The number of amides is 1. The van der Waals surface area contributed by atoms with Gasteiger partial charge in [-0.15, -0.1) is 11.3 Å². The van der Waals surface area contributed by atoms with E-state index in [1.165, 1.54) is 11.3 Å². The monoisotopic (exact) mass is 322 g/mol. The van der Waals surface area contributed by atoms with Crippen molar-refractivity contribution in [1.29, 1.82) is 0 Å². The van der Waals surface area contributed by atoms with Crippen LogP contribution < -0.4 is 5.32 Å². The number of rotatable bonds is 6. The summed E-state index contributed by atoms with van der Waals surface area (Å²) < 4.78 is 13.1. The van der Waals surface area contributed by atoms with Gasteiger partial charge in [-0.2, -0.15) is 0 Å². The van der Waals surface area contributed by atoms with Crippen molar-refractivity contribution in [3.8, 4) is 0 Å². The molecule has 0 aliphatic carbocycles. The molecule has 0 unspecified atom stereocenters. The molecule has 0 aromatic carbocycles. The lowest BCUT2D eigenvalue weighted by atomic mass is 10.1. The molecule has 7 nitrogen and oxygen atoms in total. The summed E-state index contributed by atoms with van der Waals surface area (Å²) >= 11 is 1.54. The Balaban J connectivity index is 1.51. The first-order valence-corrected chi connectivity index (χ1v) is 8.07. The molecule has 2 aromatic rings. The number of ether oxygens (including phenoxy) is 2. The lowest BCUT2D eigenvalue weighted by Crippen LogP contribution is -2.50. The Kier molecular flexibility index (Phi) is 5.15. The van der Waals surface area contributed by atoms with Gasteiger partial charge in [-0.05, 0) is 6.42 Å². The number of carbonyl (C=O) groups excluding carboxylic acids is 1. The summed E-state index contributed by atoms with van der Waals surface area (Å²) in [5, 5.41) is 4.98. The standard InChI is InChI=1S/C14H18N4O3S/c19-14(5-18-3-2-15-9-18)17-12-1-4-20-7-13(12)21-6-11-8-22-10-16-11/h2-3,8-10,12-13H,1,4-7H2,(H,17,19)/t12-,13-/m1/s1. The molecule has 0 bridgehead atoms. The molecule has 0 saturated carbocycles. The van der Waals surface area contributed by atoms with Gasteiger partial charge in [-0.1, -0.05) is 0 Å². The predicted molar refractivity (Wildman–Crippen MR) is 80.3 cm³/mol. The number of thiazole rings is 1. The lowest BCUT2D eigenvalue weighted by Gasteiger charge is -2.32. The Morgan fingerprint density at radius 2 is 2.55 bits per heavy atom. The first-order chi connectivity index (χ1) is 10.8. The third kappa shape index (κ3) is 4.12. The van der Waals surface area contributed by atoms with Gasteiger partial charge in [0, 0.05) is 24.4 Å². The largest absolute Gasteiger partial charge is 0.379 e. The van der Waals surface area contributed by atoms with Crippen LogP contribution >= 0.6 is 11.3 Å². The SMILES string of the molecule is O=C(Cn1ccnc1)N[C@@H]1CCOC[C@H]1OCc1cscn1. The van der Waals surface area contributed by atoms with E-state index in [0.29, 0.717) is 19.8 Å². The van der Waals surface area contributed by atoms with E-state index in [9.17, 15) is 4.79 Å². The molecule has 1 amide bonds. The van der Waals surface area contributed by atoms with Crippen LogP contribution in [0.2, 0.25) is 0 Å². The normalized spacial score (nSPS) is 21.6. The summed E-state index contributed by atoms with van der Waals surface area (Å²) in [5.41, 5.74) is 2.68. The molecular formula is C14H18N4O3S. The van der Waals surface area contributed by atoms with Gasteiger partial charge >= 0.3 is 0 Å². The van der Waals surface area contributed by atoms with Crippen LogP contribution in [0.4, 0.5) is 0 Å². The molecule has 1 fully saturated rings. The molecule has 1 N–H and O–H groups in total. The number of imidazole rings is 1. The van der Waals surface area contributed by atoms with Crippen LogP contribution in [0.5, 0.6) is 0 Å². The van der Waals surface area contributed by atoms with Crippen molar-refractivity contribution in [1.82, 2.24) is 19.9 Å². The summed E-state index contributed by atoms with van der Waals surface area (Å²) in [5.74, 6) is -0.0489. The first kappa shape index (κ1) is 15.1. The van der Waals surface area contributed by atoms with Gasteiger partial charge in [0.2, 0.25) is 5.91 Å². The van der Waals surface area contributed by atoms with Crippen LogP contribution in [0.25, 0.3) is 0 Å². The third-order valence-corrected chi connectivity index (χ3v) is 4.10. The minimum absolute atomic E-state index is 0.0385. The topological polar surface area (TPSA) is 78.3 Å². The Bertz CT molecular complexity index is 573. The second-order valence-electron chi connectivity index (χ2n) is 5.10. The van der Waals surface area contributed by atoms with Gasteiger partial charge < -0.3 is 19.4 Å². The number of aromatic nitrogens is 3. The van der Waals surface area contributed by atoms with Crippen LogP contribution in [-0.2, 0) is 27.4 Å². The zero-order valence-corrected chi connectivity index (χ0v) is 12.9. The molecular weight excluding hydrogens is 304 g/mol. The highest BCUT2D eigenvalue weighted by Gasteiger charge is 2.28. The minimum atomic E-state index is -0.151. The molecule has 0 radical (unpaired) electrons. The molecule has 3 rings (SSSR count). The number of hydrogen-bond acceptors (Lipinski definition) is 6. The molecule has 3 heterocycles. The summed E-state index contributed by atoms with van der Waals surface area (Å²) in [6.07, 6.45) is 5.64. The van der Waals surface area contributed by atoms with Crippen LogP contribution in [0.1, 0.15) is 12.1 Å². The van der Waals surface area contributed by atoms with E-state index >= 15 is 0 Å². The Morgan fingerprint density at radius 1 is 1.59 bits per heavy atom. The van der Waals surface area contributed by atoms with Crippen LogP contribution in [0, 0.1) is 0 Å². The molecule has 1 saturated heterocycles. The molecule has 0 spiro atoms. The quantitative estimate of drug-likeness (QED) is 0.852. The van der Waals surface area contributed by atoms with Gasteiger partial charge in [0.25, 0.3) is 0 Å². The van der Waals surface area contributed by atoms with E-state index in [1.807, 2.05) is 5.38 Å². The summed E-state index contributed by atoms with van der Waals surface area (Å²) in [6.45, 7) is 1.81. The van der Waals surface area contributed by atoms with Crippen molar-refractivity contribution in [3.63, 3.8) is 0 Å². The Hall–Kier alpha value is -1.77. The average Bonchev–Trinajstić information content (AvgIpc) is 3.19. The van der Waals surface area contributed by atoms with Crippen molar-refractivity contribution in [2.24, 2.45) is 0 Å². The summed E-state index contributed by atoms with van der Waals surface area (Å²) in [6, 6.07) is -0.0385. The number of nitrogens with zero attached hydrogens (tertiary/aromatic N) is 3. The average molecular weight is 322 g/mol. The van der Waals surface area contributed by atoms with Crippen LogP contribution in [0.15, 0.2) is 29.6 Å². The van der Waals surface area contributed by atoms with Crippen molar-refractivity contribution in [3.05, 3.63) is 35.3 Å². The Morgan fingerprint density at radius 3 is 3.32 bits per heavy atom. The Labute approximate surface area is 132 Å². The fourth-order valence-electron chi connectivity index (χ4n) is 2.34. The van der Waals surface area contributed by atoms with Gasteiger partial charge in [0.1, 0.15) is 12.6 Å². The molecule has 2 aromatic heterocycles. The maximum atomic E-state index is 12.1. The van der Waals surface area contributed by atoms with Gasteiger partial charge in [0.15, 0.2) is 0 Å². The van der Waals surface area contributed by atoms with Crippen molar-refractivity contribution in [2.45, 2.75) is 31.7 Å². The highest BCUT2D eigenvalue weighted by molar-refractivity contribution is 7.07. The second-order valence-corrected chi connectivity index (χ2v) is 5.82. The van der Waals surface area contributed by atoms with Crippen LogP contribution in [-0.4, -0.2) is 45.8 Å². The van der Waals surface area contributed by atoms with E-state index in [1.54, 1.807) is 28.8 Å². The first-order valence-electron chi connectivity index (χ1n) is 7.13. The predicted octanol–water partition coefficient (Wildman–Crippen LogP) is 0.830. The molecule has 2 atom stereocenters. The lowest BCUT2D eigenvalue weighted by molar-refractivity contribution is -0.127. The van der Waals surface area contributed by atoms with Gasteiger partial charge in [-0.25, -0.2) is 9.97 Å². The van der Waals surface area contributed by atoms with E-state index in [0.717, 1.165) is 12.1 Å². The third-order valence-electron chi connectivity index (χ3n) is 3.46.